The van der Waals surface area contributed by atoms with Crippen molar-refractivity contribution in [2.75, 3.05) is 6.61 Å². The Morgan fingerprint density at radius 2 is 2.38 bits per heavy atom. The number of rotatable bonds is 4. The third-order valence-corrected chi connectivity index (χ3v) is 6.14. The molecule has 1 aromatic heterocycles. The Kier molecular flexibility index (Phi) is 4.85. The predicted molar refractivity (Wildman–Crippen MR) is 72.9 cm³/mol. The zero-order valence-corrected chi connectivity index (χ0v) is 12.8. The molecule has 1 fully saturated rings. The van der Waals surface area contributed by atoms with Crippen molar-refractivity contribution in [2.45, 2.75) is 37.9 Å². The molecular formula is C11H14Br2O2S. The standard InChI is InChI=1S/C11H14Br2O2S/c12-8-6-10(16-11(8)13)9(14)4-3-7-2-1-5-15-7/h6-7,9,14H,1-5H2. The Balaban J connectivity index is 1.84. The first kappa shape index (κ1) is 13.0. The van der Waals surface area contributed by atoms with E-state index in [-0.39, 0.29) is 6.10 Å². The van der Waals surface area contributed by atoms with E-state index in [0.29, 0.717) is 6.10 Å². The third-order valence-electron chi connectivity index (χ3n) is 2.78. The summed E-state index contributed by atoms with van der Waals surface area (Å²) in [4.78, 5) is 1.01. The fraction of sp³-hybridized carbons (Fsp3) is 0.636. The van der Waals surface area contributed by atoms with Crippen molar-refractivity contribution < 1.29 is 9.84 Å². The normalized spacial score (nSPS) is 22.6. The van der Waals surface area contributed by atoms with E-state index in [1.165, 1.54) is 0 Å². The highest BCUT2D eigenvalue weighted by Crippen LogP contribution is 2.37. The first-order valence-corrected chi connectivity index (χ1v) is 7.81. The van der Waals surface area contributed by atoms with Crippen LogP contribution < -0.4 is 0 Å². The van der Waals surface area contributed by atoms with Gasteiger partial charge in [-0.2, -0.15) is 0 Å². The molecule has 0 aliphatic carbocycles. The molecule has 0 radical (unpaired) electrons. The van der Waals surface area contributed by atoms with E-state index in [2.05, 4.69) is 31.9 Å². The zero-order chi connectivity index (χ0) is 11.5. The molecule has 16 heavy (non-hydrogen) atoms. The Hall–Kier alpha value is 0.580. The van der Waals surface area contributed by atoms with Gasteiger partial charge in [0.1, 0.15) is 0 Å². The number of aliphatic hydroxyl groups is 1. The summed E-state index contributed by atoms with van der Waals surface area (Å²) in [6.07, 6.45) is 4.04. The number of hydrogen-bond acceptors (Lipinski definition) is 3. The summed E-state index contributed by atoms with van der Waals surface area (Å²) in [5.41, 5.74) is 0. The fourth-order valence-corrected chi connectivity index (χ4v) is 4.00. The van der Waals surface area contributed by atoms with Crippen LogP contribution in [0, 0.1) is 0 Å². The minimum absolute atomic E-state index is 0.362. The van der Waals surface area contributed by atoms with Crippen molar-refractivity contribution in [2.24, 2.45) is 0 Å². The first-order chi connectivity index (χ1) is 7.66. The SMILES string of the molecule is OC(CCC1CCCO1)c1cc(Br)c(Br)s1. The Labute approximate surface area is 116 Å². The highest BCUT2D eigenvalue weighted by Gasteiger charge is 2.19. The van der Waals surface area contributed by atoms with Gasteiger partial charge in [-0.05, 0) is 63.6 Å². The number of aliphatic hydroxyl groups excluding tert-OH is 1. The first-order valence-electron chi connectivity index (χ1n) is 5.41. The van der Waals surface area contributed by atoms with E-state index in [1.54, 1.807) is 11.3 Å². The quantitative estimate of drug-likeness (QED) is 0.858. The van der Waals surface area contributed by atoms with Crippen molar-refractivity contribution in [1.29, 1.82) is 0 Å². The molecule has 90 valence electrons. The van der Waals surface area contributed by atoms with E-state index in [4.69, 9.17) is 4.74 Å². The molecule has 0 amide bonds. The lowest BCUT2D eigenvalue weighted by Gasteiger charge is -2.12. The van der Waals surface area contributed by atoms with Gasteiger partial charge in [-0.3, -0.25) is 0 Å². The number of ether oxygens (including phenoxy) is 1. The van der Waals surface area contributed by atoms with Gasteiger partial charge in [0.05, 0.1) is 16.0 Å². The maximum atomic E-state index is 10.0. The maximum Gasteiger partial charge on any atom is 0.0883 e. The summed E-state index contributed by atoms with van der Waals surface area (Å²) in [6.45, 7) is 0.886. The van der Waals surface area contributed by atoms with Crippen LogP contribution in [0.4, 0.5) is 0 Å². The molecule has 0 saturated carbocycles. The van der Waals surface area contributed by atoms with Crippen LogP contribution in [0.3, 0.4) is 0 Å². The molecule has 1 saturated heterocycles. The highest BCUT2D eigenvalue weighted by molar-refractivity contribution is 9.13. The van der Waals surface area contributed by atoms with E-state index in [0.717, 1.165) is 45.4 Å². The lowest BCUT2D eigenvalue weighted by molar-refractivity contribution is 0.0820. The second kappa shape index (κ2) is 5.96. The monoisotopic (exact) mass is 368 g/mol. The Morgan fingerprint density at radius 1 is 1.56 bits per heavy atom. The molecule has 2 rings (SSSR count). The van der Waals surface area contributed by atoms with Gasteiger partial charge in [0.2, 0.25) is 0 Å². The molecule has 1 aliphatic heterocycles. The largest absolute Gasteiger partial charge is 0.388 e. The molecule has 0 bridgehead atoms. The smallest absolute Gasteiger partial charge is 0.0883 e. The molecule has 2 atom stereocenters. The van der Waals surface area contributed by atoms with E-state index >= 15 is 0 Å². The van der Waals surface area contributed by atoms with Crippen LogP contribution in [-0.2, 0) is 4.74 Å². The topological polar surface area (TPSA) is 29.5 Å². The Morgan fingerprint density at radius 3 is 2.94 bits per heavy atom. The Bertz CT molecular complexity index is 328. The van der Waals surface area contributed by atoms with Crippen LogP contribution in [0.5, 0.6) is 0 Å². The molecule has 0 spiro atoms. The van der Waals surface area contributed by atoms with Gasteiger partial charge in [-0.15, -0.1) is 11.3 Å². The van der Waals surface area contributed by atoms with Crippen molar-refractivity contribution in [1.82, 2.24) is 0 Å². The molecule has 1 aliphatic rings. The average Bonchev–Trinajstić information content (AvgIpc) is 2.86. The molecule has 2 nitrogen and oxygen atoms in total. The van der Waals surface area contributed by atoms with Crippen LogP contribution in [0.1, 0.15) is 36.7 Å². The lowest BCUT2D eigenvalue weighted by Crippen LogP contribution is -2.07. The third kappa shape index (κ3) is 3.29. The molecule has 1 aromatic rings. The van der Waals surface area contributed by atoms with Crippen LogP contribution in [-0.4, -0.2) is 17.8 Å². The summed E-state index contributed by atoms with van der Waals surface area (Å²) in [6, 6.07) is 1.98. The van der Waals surface area contributed by atoms with Crippen LogP contribution >= 0.6 is 43.2 Å². The zero-order valence-electron chi connectivity index (χ0n) is 8.79. The van der Waals surface area contributed by atoms with E-state index < -0.39 is 0 Å². The lowest BCUT2D eigenvalue weighted by atomic mass is 10.1. The van der Waals surface area contributed by atoms with Gasteiger partial charge in [0.25, 0.3) is 0 Å². The van der Waals surface area contributed by atoms with Gasteiger partial charge < -0.3 is 9.84 Å². The fourth-order valence-electron chi connectivity index (χ4n) is 1.89. The molecule has 5 heteroatoms. The summed E-state index contributed by atoms with van der Waals surface area (Å²) < 4.78 is 7.60. The highest BCUT2D eigenvalue weighted by atomic mass is 79.9. The molecule has 1 N–H and O–H groups in total. The van der Waals surface area contributed by atoms with Gasteiger partial charge in [-0.1, -0.05) is 0 Å². The summed E-state index contributed by atoms with van der Waals surface area (Å²) in [7, 11) is 0. The molecule has 2 unspecified atom stereocenters. The van der Waals surface area contributed by atoms with Gasteiger partial charge in [-0.25, -0.2) is 0 Å². The maximum absolute atomic E-state index is 10.0. The van der Waals surface area contributed by atoms with Crippen LogP contribution in [0.25, 0.3) is 0 Å². The number of halogens is 2. The summed E-state index contributed by atoms with van der Waals surface area (Å²) in [5, 5.41) is 10.0. The summed E-state index contributed by atoms with van der Waals surface area (Å²) in [5.74, 6) is 0. The van der Waals surface area contributed by atoms with E-state index in [9.17, 15) is 5.11 Å². The van der Waals surface area contributed by atoms with Crippen LogP contribution in [0.15, 0.2) is 14.3 Å². The van der Waals surface area contributed by atoms with Gasteiger partial charge in [0.15, 0.2) is 0 Å². The van der Waals surface area contributed by atoms with Crippen molar-refractivity contribution in [3.63, 3.8) is 0 Å². The van der Waals surface area contributed by atoms with E-state index in [1.807, 2.05) is 6.07 Å². The minimum atomic E-state index is -0.364. The second-order valence-corrected chi connectivity index (χ2v) is 7.25. The van der Waals surface area contributed by atoms with Gasteiger partial charge >= 0.3 is 0 Å². The number of thiophene rings is 1. The van der Waals surface area contributed by atoms with Crippen LogP contribution in [0.2, 0.25) is 0 Å². The van der Waals surface area contributed by atoms with Gasteiger partial charge in [0, 0.05) is 16.0 Å². The van der Waals surface area contributed by atoms with Crippen molar-refractivity contribution >= 4 is 43.2 Å². The number of hydrogen-bond donors (Lipinski definition) is 1. The summed E-state index contributed by atoms with van der Waals surface area (Å²) >= 11 is 8.45. The molecule has 2 heterocycles. The minimum Gasteiger partial charge on any atom is -0.388 e. The second-order valence-electron chi connectivity index (χ2n) is 4.00. The molecule has 0 aromatic carbocycles. The average molecular weight is 370 g/mol. The predicted octanol–water partition coefficient (Wildman–Crippen LogP) is 4.27. The van der Waals surface area contributed by atoms with Crippen molar-refractivity contribution in [3.05, 3.63) is 19.2 Å². The molecular weight excluding hydrogens is 356 g/mol. The van der Waals surface area contributed by atoms with Crippen molar-refractivity contribution in [3.8, 4) is 0 Å².